The number of nitrogens with one attached hydrogen (secondary N) is 2. The fourth-order valence-corrected chi connectivity index (χ4v) is 3.78. The van der Waals surface area contributed by atoms with Crippen LogP contribution in [0.2, 0.25) is 0 Å². The van der Waals surface area contributed by atoms with Crippen LogP contribution in [-0.2, 0) is 10.0 Å². The Kier molecular flexibility index (Phi) is 5.46. The zero-order valence-electron chi connectivity index (χ0n) is 15.9. The molecule has 2 aromatic heterocycles. The largest absolute Gasteiger partial charge is 0.321 e. The van der Waals surface area contributed by atoms with Gasteiger partial charge in [0.15, 0.2) is 5.82 Å². The van der Waals surface area contributed by atoms with E-state index in [1.807, 2.05) is 0 Å². The highest BCUT2D eigenvalue weighted by Gasteiger charge is 2.15. The summed E-state index contributed by atoms with van der Waals surface area (Å²) >= 11 is 0. The van der Waals surface area contributed by atoms with Gasteiger partial charge in [-0.1, -0.05) is 0 Å². The van der Waals surface area contributed by atoms with E-state index in [4.69, 9.17) is 0 Å². The van der Waals surface area contributed by atoms with Crippen molar-refractivity contribution in [2.24, 2.45) is 0 Å². The Bertz CT molecular complexity index is 1290. The maximum absolute atomic E-state index is 13.0. The van der Waals surface area contributed by atoms with Crippen molar-refractivity contribution in [3.05, 3.63) is 96.7 Å². The minimum Gasteiger partial charge on any atom is -0.321 e. The number of halogens is 1. The summed E-state index contributed by atoms with van der Waals surface area (Å²) in [7, 11) is -3.87. The number of carbonyl (C=O) groups is 1. The Labute approximate surface area is 177 Å². The third kappa shape index (κ3) is 4.75. The number of hydrogen-bond donors (Lipinski definition) is 2. The SMILES string of the molecule is O=C(Nc1ccc(-n2cccn2)nc1)c1ccc(NS(=O)(=O)c2ccc(F)cc2)cc1. The molecule has 10 heteroatoms. The molecule has 0 aliphatic rings. The van der Waals surface area contributed by atoms with Crippen molar-refractivity contribution in [3.8, 4) is 5.82 Å². The summed E-state index contributed by atoms with van der Waals surface area (Å²) < 4.78 is 41.7. The third-order valence-corrected chi connectivity index (χ3v) is 5.67. The number of benzene rings is 2. The van der Waals surface area contributed by atoms with E-state index in [9.17, 15) is 17.6 Å². The smallest absolute Gasteiger partial charge is 0.261 e. The van der Waals surface area contributed by atoms with Gasteiger partial charge in [0, 0.05) is 23.6 Å². The molecule has 31 heavy (non-hydrogen) atoms. The van der Waals surface area contributed by atoms with Gasteiger partial charge in [0.2, 0.25) is 0 Å². The topological polar surface area (TPSA) is 106 Å². The molecular formula is C21H16FN5O3S. The summed E-state index contributed by atoms with van der Waals surface area (Å²) in [6, 6.07) is 15.6. The molecule has 0 saturated heterocycles. The highest BCUT2D eigenvalue weighted by molar-refractivity contribution is 7.92. The van der Waals surface area contributed by atoms with Crippen molar-refractivity contribution in [1.29, 1.82) is 0 Å². The monoisotopic (exact) mass is 437 g/mol. The van der Waals surface area contributed by atoms with E-state index in [0.717, 1.165) is 12.1 Å². The molecule has 1 amide bonds. The molecule has 4 rings (SSSR count). The Morgan fingerprint density at radius 1 is 0.935 bits per heavy atom. The van der Waals surface area contributed by atoms with Gasteiger partial charge < -0.3 is 5.32 Å². The average molecular weight is 437 g/mol. The molecule has 0 spiro atoms. The molecule has 0 aliphatic heterocycles. The lowest BCUT2D eigenvalue weighted by Gasteiger charge is -2.09. The number of hydrogen-bond acceptors (Lipinski definition) is 5. The zero-order chi connectivity index (χ0) is 21.8. The van der Waals surface area contributed by atoms with Crippen molar-refractivity contribution in [1.82, 2.24) is 14.8 Å². The molecule has 8 nitrogen and oxygen atoms in total. The first-order valence-electron chi connectivity index (χ1n) is 9.07. The summed E-state index contributed by atoms with van der Waals surface area (Å²) in [5.74, 6) is -0.289. The van der Waals surface area contributed by atoms with Crippen LogP contribution in [0.5, 0.6) is 0 Å². The van der Waals surface area contributed by atoms with Gasteiger partial charge >= 0.3 is 0 Å². The lowest BCUT2D eigenvalue weighted by Crippen LogP contribution is -2.14. The predicted octanol–water partition coefficient (Wildman–Crippen LogP) is 3.46. The maximum Gasteiger partial charge on any atom is 0.261 e. The van der Waals surface area contributed by atoms with Crippen molar-refractivity contribution in [2.45, 2.75) is 4.90 Å². The van der Waals surface area contributed by atoms with Crippen LogP contribution in [0, 0.1) is 5.82 Å². The van der Waals surface area contributed by atoms with Gasteiger partial charge in [-0.15, -0.1) is 0 Å². The van der Waals surface area contributed by atoms with E-state index in [1.54, 1.807) is 35.3 Å². The Morgan fingerprint density at radius 3 is 2.26 bits per heavy atom. The molecule has 0 bridgehead atoms. The number of amides is 1. The van der Waals surface area contributed by atoms with Gasteiger partial charge in [0.05, 0.1) is 16.8 Å². The number of aromatic nitrogens is 3. The van der Waals surface area contributed by atoms with Gasteiger partial charge in [-0.05, 0) is 66.7 Å². The standard InChI is InChI=1S/C21H16FN5O3S/c22-16-4-9-19(10-5-16)31(29,30)26-17-6-2-15(3-7-17)21(28)25-18-8-11-20(23-14-18)27-13-1-12-24-27/h1-14,26H,(H,25,28). The van der Waals surface area contributed by atoms with Crippen LogP contribution in [-0.4, -0.2) is 29.1 Å². The van der Waals surface area contributed by atoms with Crippen molar-refractivity contribution >= 4 is 27.3 Å². The van der Waals surface area contributed by atoms with Crippen LogP contribution in [0.1, 0.15) is 10.4 Å². The second-order valence-electron chi connectivity index (χ2n) is 6.45. The van der Waals surface area contributed by atoms with E-state index in [-0.39, 0.29) is 16.5 Å². The Balaban J connectivity index is 1.41. The number of nitrogens with zero attached hydrogens (tertiary/aromatic N) is 3. The fraction of sp³-hybridized carbons (Fsp3) is 0. The van der Waals surface area contributed by atoms with E-state index < -0.39 is 15.8 Å². The molecule has 156 valence electrons. The van der Waals surface area contributed by atoms with Crippen LogP contribution in [0.15, 0.2) is 90.2 Å². The highest BCUT2D eigenvalue weighted by Crippen LogP contribution is 2.18. The molecule has 2 aromatic carbocycles. The number of sulfonamides is 1. The van der Waals surface area contributed by atoms with Crippen molar-refractivity contribution in [3.63, 3.8) is 0 Å². The quantitative estimate of drug-likeness (QED) is 0.481. The van der Waals surface area contributed by atoms with Gasteiger partial charge in [-0.3, -0.25) is 9.52 Å². The predicted molar refractivity (Wildman–Crippen MR) is 113 cm³/mol. The van der Waals surface area contributed by atoms with E-state index >= 15 is 0 Å². The molecule has 0 radical (unpaired) electrons. The first-order chi connectivity index (χ1) is 14.9. The lowest BCUT2D eigenvalue weighted by molar-refractivity contribution is 0.102. The van der Waals surface area contributed by atoms with E-state index in [0.29, 0.717) is 17.1 Å². The summed E-state index contributed by atoms with van der Waals surface area (Å²) in [4.78, 5) is 16.6. The molecule has 0 atom stereocenters. The molecule has 0 unspecified atom stereocenters. The van der Waals surface area contributed by atoms with Crippen LogP contribution >= 0.6 is 0 Å². The normalized spacial score (nSPS) is 11.1. The Hall–Kier alpha value is -4.05. The van der Waals surface area contributed by atoms with E-state index in [1.165, 1.54) is 42.6 Å². The zero-order valence-corrected chi connectivity index (χ0v) is 16.8. The summed E-state index contributed by atoms with van der Waals surface area (Å²) in [6.07, 6.45) is 4.91. The van der Waals surface area contributed by atoms with Crippen LogP contribution in [0.4, 0.5) is 15.8 Å². The minimum absolute atomic E-state index is 0.0678. The number of rotatable bonds is 6. The molecule has 0 aliphatic carbocycles. The summed E-state index contributed by atoms with van der Waals surface area (Å²) in [5.41, 5.74) is 1.11. The molecular weight excluding hydrogens is 421 g/mol. The Morgan fingerprint density at radius 2 is 1.65 bits per heavy atom. The fourth-order valence-electron chi connectivity index (χ4n) is 2.72. The van der Waals surface area contributed by atoms with Gasteiger partial charge in [-0.2, -0.15) is 5.10 Å². The van der Waals surface area contributed by atoms with Gasteiger partial charge in [-0.25, -0.2) is 22.5 Å². The molecule has 0 saturated carbocycles. The molecule has 0 fully saturated rings. The van der Waals surface area contributed by atoms with Crippen molar-refractivity contribution in [2.75, 3.05) is 10.0 Å². The first-order valence-corrected chi connectivity index (χ1v) is 10.5. The van der Waals surface area contributed by atoms with Gasteiger partial charge in [0.25, 0.3) is 15.9 Å². The molecule has 4 aromatic rings. The first kappa shape index (κ1) is 20.2. The van der Waals surface area contributed by atoms with Gasteiger partial charge in [0.1, 0.15) is 5.82 Å². The second kappa shape index (κ2) is 8.36. The highest BCUT2D eigenvalue weighted by atomic mass is 32.2. The van der Waals surface area contributed by atoms with E-state index in [2.05, 4.69) is 20.1 Å². The van der Waals surface area contributed by atoms with Crippen LogP contribution < -0.4 is 10.0 Å². The minimum atomic E-state index is -3.87. The summed E-state index contributed by atoms with van der Waals surface area (Å²) in [5, 5.41) is 6.81. The van der Waals surface area contributed by atoms with Crippen molar-refractivity contribution < 1.29 is 17.6 Å². The summed E-state index contributed by atoms with van der Waals surface area (Å²) in [6.45, 7) is 0. The number of pyridine rings is 1. The lowest BCUT2D eigenvalue weighted by atomic mass is 10.2. The molecule has 2 N–H and O–H groups in total. The average Bonchev–Trinajstić information content (AvgIpc) is 3.30. The number of anilines is 2. The maximum atomic E-state index is 13.0. The second-order valence-corrected chi connectivity index (χ2v) is 8.13. The number of carbonyl (C=O) groups excluding carboxylic acids is 1. The van der Waals surface area contributed by atoms with Crippen LogP contribution in [0.3, 0.4) is 0 Å². The van der Waals surface area contributed by atoms with Crippen LogP contribution in [0.25, 0.3) is 5.82 Å². The molecule has 2 heterocycles. The third-order valence-electron chi connectivity index (χ3n) is 4.27.